The van der Waals surface area contributed by atoms with Gasteiger partial charge in [-0.15, -0.1) is 0 Å². The molecule has 0 radical (unpaired) electrons. The standard InChI is InChI=1S/C21H24N4/c1-14(2)18-11-10-17(12-15(18)3)23-20-13-19(24-21(22-4)25-20)16-8-6-5-7-9-16/h5-14H,1-4H3,(H2,22,23,24,25). The zero-order valence-corrected chi connectivity index (χ0v) is 15.2. The summed E-state index contributed by atoms with van der Waals surface area (Å²) < 4.78 is 0. The van der Waals surface area contributed by atoms with E-state index in [2.05, 4.69) is 59.6 Å². The van der Waals surface area contributed by atoms with Crippen LogP contribution < -0.4 is 10.6 Å². The van der Waals surface area contributed by atoms with Gasteiger partial charge >= 0.3 is 0 Å². The largest absolute Gasteiger partial charge is 0.357 e. The molecule has 3 aromatic rings. The molecule has 4 heteroatoms. The number of nitrogens with zero attached hydrogens (tertiary/aromatic N) is 2. The molecule has 0 saturated heterocycles. The summed E-state index contributed by atoms with van der Waals surface area (Å²) in [5.41, 5.74) is 5.63. The molecule has 25 heavy (non-hydrogen) atoms. The maximum Gasteiger partial charge on any atom is 0.224 e. The monoisotopic (exact) mass is 332 g/mol. The van der Waals surface area contributed by atoms with Crippen molar-refractivity contribution in [1.82, 2.24) is 9.97 Å². The quantitative estimate of drug-likeness (QED) is 0.660. The molecule has 0 aliphatic rings. The highest BCUT2D eigenvalue weighted by atomic mass is 15.1. The molecule has 1 aromatic heterocycles. The van der Waals surface area contributed by atoms with Gasteiger partial charge in [0, 0.05) is 24.4 Å². The number of hydrogen-bond donors (Lipinski definition) is 2. The molecule has 0 aliphatic heterocycles. The molecule has 4 nitrogen and oxygen atoms in total. The Labute approximate surface area is 149 Å². The second kappa shape index (κ2) is 7.34. The Kier molecular flexibility index (Phi) is 4.98. The summed E-state index contributed by atoms with van der Waals surface area (Å²) in [6.45, 7) is 6.57. The Bertz CT molecular complexity index is 857. The van der Waals surface area contributed by atoms with Crippen LogP contribution >= 0.6 is 0 Å². The van der Waals surface area contributed by atoms with Crippen molar-refractivity contribution in [2.45, 2.75) is 26.7 Å². The fourth-order valence-corrected chi connectivity index (χ4v) is 2.93. The minimum atomic E-state index is 0.522. The summed E-state index contributed by atoms with van der Waals surface area (Å²) in [5, 5.41) is 6.44. The summed E-state index contributed by atoms with van der Waals surface area (Å²) in [7, 11) is 1.83. The number of aryl methyl sites for hydroxylation is 1. The first kappa shape index (κ1) is 17.0. The van der Waals surface area contributed by atoms with Crippen LogP contribution in [0.2, 0.25) is 0 Å². The Balaban J connectivity index is 1.93. The van der Waals surface area contributed by atoms with Crippen LogP contribution in [0.3, 0.4) is 0 Å². The zero-order chi connectivity index (χ0) is 17.8. The highest BCUT2D eigenvalue weighted by molar-refractivity contribution is 5.67. The van der Waals surface area contributed by atoms with E-state index in [-0.39, 0.29) is 0 Å². The van der Waals surface area contributed by atoms with Crippen molar-refractivity contribution in [3.8, 4) is 11.3 Å². The van der Waals surface area contributed by atoms with Gasteiger partial charge in [-0.1, -0.05) is 50.2 Å². The highest BCUT2D eigenvalue weighted by Gasteiger charge is 2.08. The van der Waals surface area contributed by atoms with Gasteiger partial charge in [-0.25, -0.2) is 4.98 Å². The molecule has 128 valence electrons. The average molecular weight is 332 g/mol. The second-order valence-electron chi connectivity index (χ2n) is 6.43. The van der Waals surface area contributed by atoms with E-state index in [9.17, 15) is 0 Å². The lowest BCUT2D eigenvalue weighted by molar-refractivity contribution is 0.857. The van der Waals surface area contributed by atoms with Crippen molar-refractivity contribution >= 4 is 17.5 Å². The highest BCUT2D eigenvalue weighted by Crippen LogP contribution is 2.26. The molecule has 0 bridgehead atoms. The fraction of sp³-hybridized carbons (Fsp3) is 0.238. The molecular formula is C21H24N4. The van der Waals surface area contributed by atoms with Crippen LogP contribution in [0, 0.1) is 6.92 Å². The lowest BCUT2D eigenvalue weighted by Gasteiger charge is -2.13. The van der Waals surface area contributed by atoms with E-state index in [1.165, 1.54) is 11.1 Å². The number of anilines is 3. The predicted octanol–water partition coefficient (Wildman–Crippen LogP) is 5.36. The first-order chi connectivity index (χ1) is 12.1. The van der Waals surface area contributed by atoms with Crippen molar-refractivity contribution < 1.29 is 0 Å². The maximum absolute atomic E-state index is 4.56. The Morgan fingerprint density at radius 1 is 0.920 bits per heavy atom. The zero-order valence-electron chi connectivity index (χ0n) is 15.2. The Morgan fingerprint density at radius 3 is 2.32 bits per heavy atom. The number of hydrogen-bond acceptors (Lipinski definition) is 4. The van der Waals surface area contributed by atoms with Gasteiger partial charge in [0.1, 0.15) is 5.82 Å². The van der Waals surface area contributed by atoms with Crippen LogP contribution in [-0.4, -0.2) is 17.0 Å². The lowest BCUT2D eigenvalue weighted by Crippen LogP contribution is -2.02. The van der Waals surface area contributed by atoms with Crippen LogP contribution in [0.1, 0.15) is 30.9 Å². The van der Waals surface area contributed by atoms with Crippen LogP contribution in [0.4, 0.5) is 17.5 Å². The van der Waals surface area contributed by atoms with Crippen LogP contribution in [0.25, 0.3) is 11.3 Å². The lowest BCUT2D eigenvalue weighted by atomic mass is 9.98. The Hall–Kier alpha value is -2.88. The van der Waals surface area contributed by atoms with Crippen molar-refractivity contribution in [3.63, 3.8) is 0 Å². The summed E-state index contributed by atoms with van der Waals surface area (Å²) in [6, 6.07) is 18.5. The minimum absolute atomic E-state index is 0.522. The maximum atomic E-state index is 4.56. The van der Waals surface area contributed by atoms with Crippen molar-refractivity contribution in [1.29, 1.82) is 0 Å². The van der Waals surface area contributed by atoms with Gasteiger partial charge in [-0.2, -0.15) is 4.98 Å². The molecule has 2 N–H and O–H groups in total. The van der Waals surface area contributed by atoms with E-state index in [0.717, 1.165) is 22.8 Å². The molecule has 0 atom stereocenters. The van der Waals surface area contributed by atoms with Gasteiger partial charge < -0.3 is 10.6 Å². The third kappa shape index (κ3) is 3.97. The molecule has 0 saturated carbocycles. The van der Waals surface area contributed by atoms with Crippen molar-refractivity contribution in [2.24, 2.45) is 0 Å². The van der Waals surface area contributed by atoms with E-state index < -0.39 is 0 Å². The molecule has 3 rings (SSSR count). The van der Waals surface area contributed by atoms with Gasteiger partial charge in [0.05, 0.1) is 5.69 Å². The fourth-order valence-electron chi connectivity index (χ4n) is 2.93. The van der Waals surface area contributed by atoms with Crippen molar-refractivity contribution in [2.75, 3.05) is 17.7 Å². The summed E-state index contributed by atoms with van der Waals surface area (Å²) in [6.07, 6.45) is 0. The molecule has 1 heterocycles. The topological polar surface area (TPSA) is 49.8 Å². The third-order valence-corrected chi connectivity index (χ3v) is 4.18. The SMILES string of the molecule is CNc1nc(Nc2ccc(C(C)C)c(C)c2)cc(-c2ccccc2)n1. The molecule has 0 amide bonds. The molecule has 2 aromatic carbocycles. The number of benzene rings is 2. The molecular weight excluding hydrogens is 308 g/mol. The van der Waals surface area contributed by atoms with Crippen molar-refractivity contribution in [3.05, 3.63) is 65.7 Å². The minimum Gasteiger partial charge on any atom is -0.357 e. The van der Waals surface area contributed by atoms with E-state index in [4.69, 9.17) is 0 Å². The van der Waals surface area contributed by atoms with Gasteiger partial charge in [0.25, 0.3) is 0 Å². The average Bonchev–Trinajstić information content (AvgIpc) is 2.62. The number of nitrogens with one attached hydrogen (secondary N) is 2. The van der Waals surface area contributed by atoms with E-state index in [1.54, 1.807) is 0 Å². The normalized spacial score (nSPS) is 10.8. The van der Waals surface area contributed by atoms with Gasteiger partial charge in [-0.3, -0.25) is 0 Å². The van der Waals surface area contributed by atoms with E-state index in [0.29, 0.717) is 11.9 Å². The first-order valence-corrected chi connectivity index (χ1v) is 8.56. The van der Waals surface area contributed by atoms with E-state index in [1.807, 2.05) is 43.4 Å². The molecule has 0 unspecified atom stereocenters. The van der Waals surface area contributed by atoms with Crippen LogP contribution in [0.15, 0.2) is 54.6 Å². The first-order valence-electron chi connectivity index (χ1n) is 8.56. The molecule has 0 fully saturated rings. The summed E-state index contributed by atoms with van der Waals surface area (Å²) in [5.74, 6) is 1.89. The number of rotatable bonds is 5. The summed E-state index contributed by atoms with van der Waals surface area (Å²) in [4.78, 5) is 9.08. The van der Waals surface area contributed by atoms with E-state index >= 15 is 0 Å². The third-order valence-electron chi connectivity index (χ3n) is 4.18. The summed E-state index contributed by atoms with van der Waals surface area (Å²) >= 11 is 0. The second-order valence-corrected chi connectivity index (χ2v) is 6.43. The van der Waals surface area contributed by atoms with Crippen LogP contribution in [-0.2, 0) is 0 Å². The number of aromatic nitrogens is 2. The van der Waals surface area contributed by atoms with Gasteiger partial charge in [0.15, 0.2) is 0 Å². The van der Waals surface area contributed by atoms with Crippen LogP contribution in [0.5, 0.6) is 0 Å². The molecule has 0 aliphatic carbocycles. The smallest absolute Gasteiger partial charge is 0.224 e. The van der Waals surface area contributed by atoms with Gasteiger partial charge in [-0.05, 0) is 36.1 Å². The Morgan fingerprint density at radius 2 is 1.68 bits per heavy atom. The van der Waals surface area contributed by atoms with Gasteiger partial charge in [0.2, 0.25) is 5.95 Å². The predicted molar refractivity (Wildman–Crippen MR) is 106 cm³/mol. The molecule has 0 spiro atoms.